The predicted octanol–water partition coefficient (Wildman–Crippen LogP) is 5.21. The van der Waals surface area contributed by atoms with Gasteiger partial charge in [0.25, 0.3) is 0 Å². The zero-order valence-corrected chi connectivity index (χ0v) is 20.2. The number of hydrogen-bond donors (Lipinski definition) is 1. The third kappa shape index (κ3) is 6.11. The van der Waals surface area contributed by atoms with E-state index in [0.717, 1.165) is 32.6 Å². The van der Waals surface area contributed by atoms with Crippen LogP contribution in [0, 0.1) is 0 Å². The van der Waals surface area contributed by atoms with E-state index in [2.05, 4.69) is 34.5 Å². The van der Waals surface area contributed by atoms with Crippen molar-refractivity contribution in [2.45, 2.75) is 37.9 Å². The first-order valence-corrected chi connectivity index (χ1v) is 12.7. The van der Waals surface area contributed by atoms with E-state index in [4.69, 9.17) is 9.47 Å². The van der Waals surface area contributed by atoms with Crippen LogP contribution in [0.25, 0.3) is 0 Å². The van der Waals surface area contributed by atoms with Crippen molar-refractivity contribution in [2.24, 2.45) is 0 Å². The van der Waals surface area contributed by atoms with Gasteiger partial charge in [0.1, 0.15) is 5.75 Å². The van der Waals surface area contributed by atoms with Crippen molar-refractivity contribution >= 4 is 11.5 Å². The fraction of sp³-hybridized carbons (Fsp3) is 0.367. The molecule has 0 saturated carbocycles. The summed E-state index contributed by atoms with van der Waals surface area (Å²) < 4.78 is 12.1. The molecule has 5 nitrogen and oxygen atoms in total. The van der Waals surface area contributed by atoms with E-state index in [1.165, 1.54) is 29.7 Å². The monoisotopic (exact) mass is 470 g/mol. The Morgan fingerprint density at radius 2 is 1.66 bits per heavy atom. The third-order valence-corrected chi connectivity index (χ3v) is 7.07. The van der Waals surface area contributed by atoms with Crippen LogP contribution in [0.4, 0.5) is 5.69 Å². The van der Waals surface area contributed by atoms with E-state index in [9.17, 15) is 4.79 Å². The van der Waals surface area contributed by atoms with E-state index in [0.29, 0.717) is 23.8 Å². The molecule has 0 aliphatic carbocycles. The fourth-order valence-electron chi connectivity index (χ4n) is 5.04. The van der Waals surface area contributed by atoms with Crippen LogP contribution in [-0.4, -0.2) is 44.7 Å². The molecule has 2 heterocycles. The molecule has 5 heteroatoms. The van der Waals surface area contributed by atoms with Crippen molar-refractivity contribution in [3.63, 3.8) is 0 Å². The first-order chi connectivity index (χ1) is 17.3. The maximum absolute atomic E-state index is 12.6. The quantitative estimate of drug-likeness (QED) is 0.435. The number of carbonyl (C=O) groups is 1. The van der Waals surface area contributed by atoms with Crippen LogP contribution in [0.5, 0.6) is 5.75 Å². The minimum absolute atomic E-state index is 0.00483. The highest BCUT2D eigenvalue weighted by atomic mass is 16.5. The highest BCUT2D eigenvalue weighted by Gasteiger charge is 2.27. The molecule has 0 amide bonds. The maximum Gasteiger partial charge on any atom is 0.200 e. The molecule has 3 aromatic carbocycles. The van der Waals surface area contributed by atoms with Crippen LogP contribution in [0.3, 0.4) is 0 Å². The number of ether oxygens (including phenoxy) is 2. The summed E-state index contributed by atoms with van der Waals surface area (Å²) in [6, 6.07) is 26.4. The molecule has 5 rings (SSSR count). The van der Waals surface area contributed by atoms with E-state index in [-0.39, 0.29) is 18.5 Å². The molecule has 2 aliphatic heterocycles. The van der Waals surface area contributed by atoms with Crippen LogP contribution in [0.15, 0.2) is 78.9 Å². The molecule has 2 atom stereocenters. The lowest BCUT2D eigenvalue weighted by Gasteiger charge is -2.32. The van der Waals surface area contributed by atoms with Gasteiger partial charge in [0, 0.05) is 36.8 Å². The summed E-state index contributed by atoms with van der Waals surface area (Å²) in [5.74, 6) is 1.05. The minimum atomic E-state index is -0.00483. The lowest BCUT2D eigenvalue weighted by atomic mass is 9.87. The number of anilines is 1. The van der Waals surface area contributed by atoms with Crippen molar-refractivity contribution in [3.8, 4) is 5.75 Å². The molecular weight excluding hydrogens is 436 g/mol. The van der Waals surface area contributed by atoms with E-state index < -0.39 is 0 Å². The molecule has 2 saturated heterocycles. The number of hydrogen-bond acceptors (Lipinski definition) is 5. The zero-order chi connectivity index (χ0) is 23.9. The standard InChI is InChI=1S/C30H34N2O3/c33-29(25-8-12-26(13-9-25)32-18-4-5-19-32)22-34-27-14-10-24(11-15-27)28-16-17-31-20-30(28)35-21-23-6-2-1-3-7-23/h1-3,6-15,28,30-31H,4-5,16-22H2/t28-,30+/m1/s1. The normalized spacial score (nSPS) is 20.1. The van der Waals surface area contributed by atoms with Crippen LogP contribution < -0.4 is 15.0 Å². The highest BCUT2D eigenvalue weighted by molar-refractivity contribution is 5.97. The first-order valence-electron chi connectivity index (χ1n) is 12.7. The van der Waals surface area contributed by atoms with Crippen LogP contribution in [-0.2, 0) is 11.3 Å². The van der Waals surface area contributed by atoms with Gasteiger partial charge in [0.15, 0.2) is 12.4 Å². The highest BCUT2D eigenvalue weighted by Crippen LogP contribution is 2.30. The molecule has 35 heavy (non-hydrogen) atoms. The van der Waals surface area contributed by atoms with Gasteiger partial charge in [0.05, 0.1) is 12.7 Å². The van der Waals surface area contributed by atoms with Gasteiger partial charge in [-0.05, 0) is 73.3 Å². The van der Waals surface area contributed by atoms with Crippen molar-refractivity contribution in [3.05, 3.63) is 95.6 Å². The molecule has 0 bridgehead atoms. The molecule has 2 fully saturated rings. The Kier molecular flexibility index (Phi) is 7.76. The van der Waals surface area contributed by atoms with Crippen LogP contribution in [0.2, 0.25) is 0 Å². The van der Waals surface area contributed by atoms with Gasteiger partial charge in [-0.2, -0.15) is 0 Å². The van der Waals surface area contributed by atoms with Gasteiger partial charge in [-0.1, -0.05) is 42.5 Å². The average molecular weight is 471 g/mol. The zero-order valence-electron chi connectivity index (χ0n) is 20.2. The largest absolute Gasteiger partial charge is 0.485 e. The lowest BCUT2D eigenvalue weighted by molar-refractivity contribution is 0.0106. The molecule has 1 N–H and O–H groups in total. The molecule has 2 aliphatic rings. The number of ketones is 1. The van der Waals surface area contributed by atoms with Crippen molar-refractivity contribution in [1.29, 1.82) is 0 Å². The van der Waals surface area contributed by atoms with E-state index in [1.54, 1.807) is 0 Å². The Bertz CT molecular complexity index is 1080. The summed E-state index contributed by atoms with van der Waals surface area (Å²) in [5, 5.41) is 3.46. The lowest BCUT2D eigenvalue weighted by Crippen LogP contribution is -2.40. The Hall–Kier alpha value is -3.15. The third-order valence-electron chi connectivity index (χ3n) is 7.07. The molecule has 0 unspecified atom stereocenters. The number of piperidine rings is 1. The summed E-state index contributed by atoms with van der Waals surface area (Å²) in [7, 11) is 0. The number of carbonyl (C=O) groups excluding carboxylic acids is 1. The van der Waals surface area contributed by atoms with Crippen LogP contribution >= 0.6 is 0 Å². The molecule has 0 aromatic heterocycles. The Morgan fingerprint density at radius 1 is 0.914 bits per heavy atom. The number of benzene rings is 3. The summed E-state index contributed by atoms with van der Waals surface area (Å²) in [6.07, 6.45) is 3.64. The van der Waals surface area contributed by atoms with Gasteiger partial charge in [-0.15, -0.1) is 0 Å². The number of Topliss-reactive ketones (excluding diaryl/α,β-unsaturated/α-hetero) is 1. The Morgan fingerprint density at radius 3 is 2.40 bits per heavy atom. The van der Waals surface area contributed by atoms with E-state index >= 15 is 0 Å². The minimum Gasteiger partial charge on any atom is -0.485 e. The van der Waals surface area contributed by atoms with Crippen LogP contribution in [0.1, 0.15) is 46.7 Å². The van der Waals surface area contributed by atoms with Crippen molar-refractivity contribution in [2.75, 3.05) is 37.7 Å². The molecular formula is C30H34N2O3. The second-order valence-corrected chi connectivity index (χ2v) is 9.46. The van der Waals surface area contributed by atoms with Gasteiger partial charge >= 0.3 is 0 Å². The van der Waals surface area contributed by atoms with Gasteiger partial charge in [0.2, 0.25) is 0 Å². The number of nitrogens with one attached hydrogen (secondary N) is 1. The topological polar surface area (TPSA) is 50.8 Å². The SMILES string of the molecule is O=C(COc1ccc([C@H]2CCNC[C@@H]2OCc2ccccc2)cc1)c1ccc(N2CCCC2)cc1. The first kappa shape index (κ1) is 23.6. The maximum atomic E-state index is 12.6. The molecule has 0 radical (unpaired) electrons. The molecule has 3 aromatic rings. The molecule has 182 valence electrons. The molecule has 0 spiro atoms. The second kappa shape index (κ2) is 11.5. The van der Waals surface area contributed by atoms with E-state index in [1.807, 2.05) is 54.6 Å². The van der Waals surface area contributed by atoms with Gasteiger partial charge in [-0.25, -0.2) is 0 Å². The van der Waals surface area contributed by atoms with Crippen molar-refractivity contribution < 1.29 is 14.3 Å². The Balaban J connectivity index is 1.14. The van der Waals surface area contributed by atoms with Gasteiger partial charge in [-0.3, -0.25) is 4.79 Å². The average Bonchev–Trinajstić information content (AvgIpc) is 3.47. The summed E-state index contributed by atoms with van der Waals surface area (Å²) >= 11 is 0. The summed E-state index contributed by atoms with van der Waals surface area (Å²) in [5.41, 5.74) is 4.33. The summed E-state index contributed by atoms with van der Waals surface area (Å²) in [4.78, 5) is 15.0. The predicted molar refractivity (Wildman–Crippen MR) is 139 cm³/mol. The number of rotatable bonds is 9. The van der Waals surface area contributed by atoms with Crippen molar-refractivity contribution in [1.82, 2.24) is 5.32 Å². The number of nitrogens with zero attached hydrogens (tertiary/aromatic N) is 1. The smallest absolute Gasteiger partial charge is 0.200 e. The Labute approximate surface area is 208 Å². The summed E-state index contributed by atoms with van der Waals surface area (Å²) in [6.45, 7) is 4.69. The fourth-order valence-corrected chi connectivity index (χ4v) is 5.04. The second-order valence-electron chi connectivity index (χ2n) is 9.46. The van der Waals surface area contributed by atoms with Gasteiger partial charge < -0.3 is 19.7 Å².